The van der Waals surface area contributed by atoms with E-state index in [-0.39, 0.29) is 15.7 Å². The molecule has 8 heteroatoms. The Bertz CT molecular complexity index is 604. The van der Waals surface area contributed by atoms with E-state index < -0.39 is 25.9 Å². The predicted octanol–water partition coefficient (Wildman–Crippen LogP) is 0.946. The third-order valence-electron chi connectivity index (χ3n) is 2.99. The van der Waals surface area contributed by atoms with E-state index in [0.717, 1.165) is 11.3 Å². The molecule has 102 valence electrons. The van der Waals surface area contributed by atoms with Crippen LogP contribution in [0.25, 0.3) is 0 Å². The summed E-state index contributed by atoms with van der Waals surface area (Å²) in [5.41, 5.74) is 0. The van der Waals surface area contributed by atoms with Crippen molar-refractivity contribution >= 4 is 31.2 Å². The minimum absolute atomic E-state index is 0.0640. The Morgan fingerprint density at radius 1 is 1.50 bits per heavy atom. The Morgan fingerprint density at radius 3 is 2.67 bits per heavy atom. The quantitative estimate of drug-likeness (QED) is 0.830. The van der Waals surface area contributed by atoms with Crippen LogP contribution in [0.1, 0.15) is 13.3 Å². The van der Waals surface area contributed by atoms with Gasteiger partial charge in [0.2, 0.25) is 0 Å². The fourth-order valence-corrected chi connectivity index (χ4v) is 6.76. The van der Waals surface area contributed by atoms with Crippen molar-refractivity contribution in [3.05, 3.63) is 17.5 Å². The third-order valence-corrected chi connectivity index (χ3v) is 8.14. The summed E-state index contributed by atoms with van der Waals surface area (Å²) in [5, 5.41) is 1.70. The van der Waals surface area contributed by atoms with Crippen molar-refractivity contribution in [3.8, 4) is 0 Å². The summed E-state index contributed by atoms with van der Waals surface area (Å²) in [7, 11) is -6.64. The SMILES string of the molecule is CCN([C@@H]1CCS(=O)(=O)C1)S(=O)(=O)c1cccs1. The average Bonchev–Trinajstić information content (AvgIpc) is 2.88. The summed E-state index contributed by atoms with van der Waals surface area (Å²) in [6.07, 6.45) is 0.390. The maximum absolute atomic E-state index is 12.4. The molecule has 0 aromatic carbocycles. The van der Waals surface area contributed by atoms with E-state index in [1.165, 1.54) is 4.31 Å². The summed E-state index contributed by atoms with van der Waals surface area (Å²) in [6.45, 7) is 2.02. The molecule has 1 aromatic heterocycles. The second-order valence-electron chi connectivity index (χ2n) is 4.20. The molecule has 0 amide bonds. The van der Waals surface area contributed by atoms with Crippen LogP contribution in [0.5, 0.6) is 0 Å². The highest BCUT2D eigenvalue weighted by molar-refractivity contribution is 7.92. The average molecular weight is 309 g/mol. The summed E-state index contributed by atoms with van der Waals surface area (Å²) < 4.78 is 49.2. The van der Waals surface area contributed by atoms with Crippen LogP contribution in [0, 0.1) is 0 Å². The first-order valence-electron chi connectivity index (χ1n) is 5.62. The van der Waals surface area contributed by atoms with E-state index in [4.69, 9.17) is 0 Å². The summed E-state index contributed by atoms with van der Waals surface area (Å²) in [4.78, 5) is 0. The molecule has 1 aromatic rings. The molecule has 2 heterocycles. The number of nitrogens with zero attached hydrogens (tertiary/aromatic N) is 1. The molecule has 5 nitrogen and oxygen atoms in total. The van der Waals surface area contributed by atoms with E-state index in [1.54, 1.807) is 24.4 Å². The fraction of sp³-hybridized carbons (Fsp3) is 0.600. The number of thiophene rings is 1. The van der Waals surface area contributed by atoms with Gasteiger partial charge >= 0.3 is 0 Å². The zero-order valence-corrected chi connectivity index (χ0v) is 12.4. The van der Waals surface area contributed by atoms with Crippen molar-refractivity contribution in [1.82, 2.24) is 4.31 Å². The largest absolute Gasteiger partial charge is 0.252 e. The van der Waals surface area contributed by atoms with Gasteiger partial charge in [0, 0.05) is 12.6 Å². The molecule has 0 bridgehead atoms. The van der Waals surface area contributed by atoms with Gasteiger partial charge in [-0.2, -0.15) is 4.31 Å². The van der Waals surface area contributed by atoms with Gasteiger partial charge in [-0.3, -0.25) is 0 Å². The molecule has 0 aliphatic carbocycles. The second kappa shape index (κ2) is 4.92. The number of rotatable bonds is 4. The van der Waals surface area contributed by atoms with Crippen molar-refractivity contribution in [2.75, 3.05) is 18.1 Å². The zero-order chi connectivity index (χ0) is 13.4. The smallest absolute Gasteiger partial charge is 0.229 e. The molecule has 1 saturated heterocycles. The van der Waals surface area contributed by atoms with Crippen LogP contribution in [0.15, 0.2) is 21.7 Å². The topological polar surface area (TPSA) is 71.5 Å². The first-order valence-corrected chi connectivity index (χ1v) is 9.76. The summed E-state index contributed by atoms with van der Waals surface area (Å²) >= 11 is 1.15. The summed E-state index contributed by atoms with van der Waals surface area (Å²) in [6, 6.07) is 2.80. The third kappa shape index (κ3) is 2.61. The normalized spacial score (nSPS) is 23.6. The van der Waals surface area contributed by atoms with Crippen LogP contribution in [-0.2, 0) is 19.9 Å². The second-order valence-corrected chi connectivity index (χ2v) is 9.49. The van der Waals surface area contributed by atoms with Gasteiger partial charge in [-0.1, -0.05) is 13.0 Å². The van der Waals surface area contributed by atoms with Crippen molar-refractivity contribution in [2.24, 2.45) is 0 Å². The number of sulfone groups is 1. The van der Waals surface area contributed by atoms with Gasteiger partial charge in [0.05, 0.1) is 11.5 Å². The Morgan fingerprint density at radius 2 is 2.22 bits per heavy atom. The Kier molecular flexibility index (Phi) is 3.82. The fourth-order valence-electron chi connectivity index (χ4n) is 2.15. The van der Waals surface area contributed by atoms with Crippen LogP contribution in [0.4, 0.5) is 0 Å². The molecular formula is C10H15NO4S3. The molecular weight excluding hydrogens is 294 g/mol. The van der Waals surface area contributed by atoms with Gasteiger partial charge in [-0.05, 0) is 17.9 Å². The van der Waals surface area contributed by atoms with Gasteiger partial charge in [0.25, 0.3) is 10.0 Å². The van der Waals surface area contributed by atoms with Crippen molar-refractivity contribution in [3.63, 3.8) is 0 Å². The van der Waals surface area contributed by atoms with Crippen LogP contribution in [0.2, 0.25) is 0 Å². The minimum Gasteiger partial charge on any atom is -0.229 e. The van der Waals surface area contributed by atoms with Crippen LogP contribution in [0.3, 0.4) is 0 Å². The Balaban J connectivity index is 2.30. The van der Waals surface area contributed by atoms with E-state index >= 15 is 0 Å². The van der Waals surface area contributed by atoms with Crippen LogP contribution < -0.4 is 0 Å². The van der Waals surface area contributed by atoms with E-state index in [2.05, 4.69) is 0 Å². The highest BCUT2D eigenvalue weighted by Crippen LogP contribution is 2.26. The highest BCUT2D eigenvalue weighted by atomic mass is 32.2. The van der Waals surface area contributed by atoms with Gasteiger partial charge in [0.1, 0.15) is 4.21 Å². The van der Waals surface area contributed by atoms with E-state index in [0.29, 0.717) is 13.0 Å². The molecule has 0 radical (unpaired) electrons. The molecule has 1 fully saturated rings. The monoisotopic (exact) mass is 309 g/mol. The number of sulfonamides is 1. The molecule has 1 aliphatic rings. The van der Waals surface area contributed by atoms with Gasteiger partial charge in [-0.25, -0.2) is 16.8 Å². The van der Waals surface area contributed by atoms with Gasteiger partial charge in [0.15, 0.2) is 9.84 Å². The molecule has 1 aliphatic heterocycles. The molecule has 1 atom stereocenters. The van der Waals surface area contributed by atoms with E-state index in [1.807, 2.05) is 0 Å². The predicted molar refractivity (Wildman–Crippen MR) is 70.9 cm³/mol. The maximum atomic E-state index is 12.4. The molecule has 0 saturated carbocycles. The molecule has 0 unspecified atom stereocenters. The van der Waals surface area contributed by atoms with Gasteiger partial charge < -0.3 is 0 Å². The molecule has 2 rings (SSSR count). The molecule has 18 heavy (non-hydrogen) atoms. The van der Waals surface area contributed by atoms with Crippen molar-refractivity contribution in [1.29, 1.82) is 0 Å². The first kappa shape index (κ1) is 14.0. The lowest BCUT2D eigenvalue weighted by Gasteiger charge is -2.25. The highest BCUT2D eigenvalue weighted by Gasteiger charge is 2.38. The van der Waals surface area contributed by atoms with Crippen LogP contribution in [-0.4, -0.2) is 45.2 Å². The standard InChI is InChI=1S/C10H15NO4S3/c1-2-11(9-5-7-17(12,13)8-9)18(14,15)10-4-3-6-16-10/h3-4,6,9H,2,5,7-8H2,1H3/t9-/m1/s1. The lowest BCUT2D eigenvalue weighted by Crippen LogP contribution is -2.40. The molecule has 0 N–H and O–H groups in total. The zero-order valence-electron chi connectivity index (χ0n) is 9.94. The van der Waals surface area contributed by atoms with Crippen LogP contribution >= 0.6 is 11.3 Å². The first-order chi connectivity index (χ1) is 8.37. The Labute approximate surface area is 111 Å². The molecule has 0 spiro atoms. The Hall–Kier alpha value is -0.440. The number of hydrogen-bond acceptors (Lipinski definition) is 5. The minimum atomic E-state index is -3.55. The maximum Gasteiger partial charge on any atom is 0.252 e. The van der Waals surface area contributed by atoms with E-state index in [9.17, 15) is 16.8 Å². The number of hydrogen-bond donors (Lipinski definition) is 0. The lowest BCUT2D eigenvalue weighted by molar-refractivity contribution is 0.355. The van der Waals surface area contributed by atoms with Crippen molar-refractivity contribution in [2.45, 2.75) is 23.6 Å². The van der Waals surface area contributed by atoms with Gasteiger partial charge in [-0.15, -0.1) is 11.3 Å². The lowest BCUT2D eigenvalue weighted by atomic mass is 10.3. The van der Waals surface area contributed by atoms with Crippen molar-refractivity contribution < 1.29 is 16.8 Å². The summed E-state index contributed by atoms with van der Waals surface area (Å²) in [5.74, 6) is 0.0135.